The molecule has 2 bridgehead atoms. The van der Waals surface area contributed by atoms with Gasteiger partial charge in [0, 0.05) is 11.8 Å². The van der Waals surface area contributed by atoms with Crippen LogP contribution in [0.5, 0.6) is 0 Å². The minimum atomic E-state index is -1.51. The molecule has 0 aliphatic carbocycles. The van der Waals surface area contributed by atoms with Gasteiger partial charge in [-0.2, -0.15) is 0 Å². The van der Waals surface area contributed by atoms with Crippen molar-refractivity contribution in [3.8, 4) is 0 Å². The van der Waals surface area contributed by atoms with E-state index in [1.807, 2.05) is 30.3 Å². The second-order valence-electron chi connectivity index (χ2n) is 8.61. The van der Waals surface area contributed by atoms with Crippen molar-refractivity contribution in [1.82, 2.24) is 5.32 Å². The highest BCUT2D eigenvalue weighted by atomic mass is 19.1. The van der Waals surface area contributed by atoms with Gasteiger partial charge in [-0.1, -0.05) is 36.4 Å². The number of esters is 1. The molecule has 4 atom stereocenters. The van der Waals surface area contributed by atoms with Crippen molar-refractivity contribution in [3.05, 3.63) is 89.0 Å². The monoisotopic (exact) mass is 497 g/mol. The van der Waals surface area contributed by atoms with E-state index in [2.05, 4.69) is 10.6 Å². The van der Waals surface area contributed by atoms with Crippen LogP contribution in [0.15, 0.2) is 71.8 Å². The number of nitrogens with two attached hydrogens (primary N) is 1. The maximum atomic E-state index is 14.0. The van der Waals surface area contributed by atoms with Crippen molar-refractivity contribution in [1.29, 1.82) is 0 Å². The van der Waals surface area contributed by atoms with Crippen LogP contribution in [-0.2, 0) is 30.3 Å². The second-order valence-corrected chi connectivity index (χ2v) is 8.61. The summed E-state index contributed by atoms with van der Waals surface area (Å²) < 4.78 is 39.2. The number of hydrogen-bond donors (Lipinski definition) is 3. The highest BCUT2D eigenvalue weighted by Crippen LogP contribution is 2.47. The van der Waals surface area contributed by atoms with Crippen LogP contribution in [0.2, 0.25) is 0 Å². The van der Waals surface area contributed by atoms with Gasteiger partial charge < -0.3 is 25.8 Å². The molecule has 0 spiro atoms. The molecule has 2 heterocycles. The van der Waals surface area contributed by atoms with E-state index in [0.29, 0.717) is 0 Å². The number of halogens is 2. The highest BCUT2D eigenvalue weighted by Gasteiger charge is 2.58. The van der Waals surface area contributed by atoms with E-state index in [0.717, 1.165) is 23.8 Å². The lowest BCUT2D eigenvalue weighted by molar-refractivity contribution is -0.138. The number of anilines is 1. The first-order valence-corrected chi connectivity index (χ1v) is 11.2. The largest absolute Gasteiger partial charge is 0.466 e. The molecule has 10 heteroatoms. The molecule has 2 aromatic carbocycles. The number of ether oxygens (including phenoxy) is 2. The summed E-state index contributed by atoms with van der Waals surface area (Å²) in [5.41, 5.74) is 4.62. The predicted octanol–water partition coefficient (Wildman–Crippen LogP) is 2.16. The SMILES string of the molecule is COC(=O)C1=C(C(=O)NC(C)C(N)=O)C2C=CC1(C(Cc1ccccc1)Nc1cc(F)cc(F)c1)O2. The Morgan fingerprint density at radius 3 is 2.42 bits per heavy atom. The van der Waals surface area contributed by atoms with Gasteiger partial charge >= 0.3 is 5.97 Å². The van der Waals surface area contributed by atoms with Gasteiger partial charge in [0.2, 0.25) is 5.91 Å². The Labute approximate surface area is 206 Å². The molecule has 2 aliphatic rings. The number of hydrogen-bond acceptors (Lipinski definition) is 6. The van der Waals surface area contributed by atoms with Gasteiger partial charge in [-0.05, 0) is 37.1 Å². The third-order valence-electron chi connectivity index (χ3n) is 6.20. The molecule has 0 saturated heterocycles. The second kappa shape index (κ2) is 9.90. The first-order chi connectivity index (χ1) is 17.1. The van der Waals surface area contributed by atoms with Crippen molar-refractivity contribution in [2.75, 3.05) is 12.4 Å². The molecule has 4 unspecified atom stereocenters. The van der Waals surface area contributed by atoms with Gasteiger partial charge in [0.25, 0.3) is 5.91 Å². The molecule has 188 valence electrons. The summed E-state index contributed by atoms with van der Waals surface area (Å²) in [7, 11) is 1.17. The molecule has 0 fully saturated rings. The number of benzene rings is 2. The molecule has 36 heavy (non-hydrogen) atoms. The van der Waals surface area contributed by atoms with Crippen molar-refractivity contribution >= 4 is 23.5 Å². The molecule has 0 radical (unpaired) electrons. The van der Waals surface area contributed by atoms with Crippen LogP contribution < -0.4 is 16.4 Å². The van der Waals surface area contributed by atoms with Crippen LogP contribution in [0.4, 0.5) is 14.5 Å². The van der Waals surface area contributed by atoms with Crippen LogP contribution in [0, 0.1) is 11.6 Å². The zero-order chi connectivity index (χ0) is 26.0. The lowest BCUT2D eigenvalue weighted by atomic mass is 9.78. The molecule has 0 saturated carbocycles. The molecule has 4 N–H and O–H groups in total. The fourth-order valence-electron chi connectivity index (χ4n) is 4.50. The Hall–Kier alpha value is -4.05. The molecular formula is C26H25F2N3O5. The zero-order valence-electron chi connectivity index (χ0n) is 19.6. The van der Waals surface area contributed by atoms with Crippen molar-refractivity contribution < 1.29 is 32.6 Å². The Morgan fingerprint density at radius 1 is 1.14 bits per heavy atom. The summed E-state index contributed by atoms with van der Waals surface area (Å²) in [6.45, 7) is 1.41. The van der Waals surface area contributed by atoms with E-state index in [1.54, 1.807) is 12.2 Å². The number of primary amides is 1. The van der Waals surface area contributed by atoms with Gasteiger partial charge in [0.1, 0.15) is 29.4 Å². The van der Waals surface area contributed by atoms with Gasteiger partial charge in [0.05, 0.1) is 24.3 Å². The molecule has 0 aromatic heterocycles. The van der Waals surface area contributed by atoms with Crippen LogP contribution in [-0.4, -0.2) is 48.7 Å². The topological polar surface area (TPSA) is 120 Å². The van der Waals surface area contributed by atoms with Gasteiger partial charge in [-0.15, -0.1) is 0 Å². The number of carbonyl (C=O) groups excluding carboxylic acids is 3. The number of rotatable bonds is 9. The summed E-state index contributed by atoms with van der Waals surface area (Å²) in [5.74, 6) is -3.86. The molecule has 2 aromatic rings. The number of nitrogens with one attached hydrogen (secondary N) is 2. The third-order valence-corrected chi connectivity index (χ3v) is 6.20. The third kappa shape index (κ3) is 4.72. The van der Waals surface area contributed by atoms with Crippen LogP contribution in [0.25, 0.3) is 0 Å². The molecule has 4 rings (SSSR count). The van der Waals surface area contributed by atoms with Gasteiger partial charge in [-0.3, -0.25) is 9.59 Å². The Balaban J connectivity index is 1.81. The van der Waals surface area contributed by atoms with Crippen LogP contribution >= 0.6 is 0 Å². The van der Waals surface area contributed by atoms with Crippen molar-refractivity contribution in [2.24, 2.45) is 5.73 Å². The normalized spacial score (nSPS) is 21.7. The quantitative estimate of drug-likeness (QED) is 0.361. The summed E-state index contributed by atoms with van der Waals surface area (Å²) >= 11 is 0. The lowest BCUT2D eigenvalue weighted by Crippen LogP contribution is -2.50. The first-order valence-electron chi connectivity index (χ1n) is 11.2. The Bertz CT molecular complexity index is 1240. The maximum Gasteiger partial charge on any atom is 0.337 e. The molecule has 2 amide bonds. The average molecular weight is 497 g/mol. The molecular weight excluding hydrogens is 472 g/mol. The molecule has 2 aliphatic heterocycles. The number of carbonyl (C=O) groups is 3. The smallest absolute Gasteiger partial charge is 0.337 e. The lowest BCUT2D eigenvalue weighted by Gasteiger charge is -2.36. The highest BCUT2D eigenvalue weighted by molar-refractivity contribution is 6.08. The van der Waals surface area contributed by atoms with E-state index < -0.39 is 53.2 Å². The summed E-state index contributed by atoms with van der Waals surface area (Å²) in [5, 5.41) is 5.57. The van der Waals surface area contributed by atoms with E-state index in [-0.39, 0.29) is 23.3 Å². The van der Waals surface area contributed by atoms with Crippen LogP contribution in [0.1, 0.15) is 12.5 Å². The van der Waals surface area contributed by atoms with E-state index in [4.69, 9.17) is 15.2 Å². The average Bonchev–Trinajstić information content (AvgIpc) is 3.41. The van der Waals surface area contributed by atoms with Crippen molar-refractivity contribution in [3.63, 3.8) is 0 Å². The fraction of sp³-hybridized carbons (Fsp3) is 0.269. The van der Waals surface area contributed by atoms with E-state index in [9.17, 15) is 23.2 Å². The van der Waals surface area contributed by atoms with Crippen molar-refractivity contribution in [2.45, 2.75) is 37.1 Å². The first kappa shape index (κ1) is 25.1. The number of amides is 2. The Kier molecular flexibility index (Phi) is 6.89. The van der Waals surface area contributed by atoms with Gasteiger partial charge in [0.15, 0.2) is 0 Å². The fourth-order valence-corrected chi connectivity index (χ4v) is 4.50. The minimum absolute atomic E-state index is 0.0252. The number of methoxy groups -OCH3 is 1. The summed E-state index contributed by atoms with van der Waals surface area (Å²) in [4.78, 5) is 37.7. The van der Waals surface area contributed by atoms with Crippen LogP contribution in [0.3, 0.4) is 0 Å². The standard InChI is InChI=1S/C26H25F2N3O5/c1-14(23(29)32)30-24(33)21-19-8-9-26(36-19,22(21)25(34)35-2)20(10-15-6-4-3-5-7-15)31-18-12-16(27)11-17(28)13-18/h3-9,11-14,19-20,31H,10H2,1-2H3,(H2,29,32)(H,30,33). The zero-order valence-corrected chi connectivity index (χ0v) is 19.6. The number of fused-ring (bicyclic) bond motifs is 2. The maximum absolute atomic E-state index is 14.0. The minimum Gasteiger partial charge on any atom is -0.466 e. The molecule has 8 nitrogen and oxygen atoms in total. The van der Waals surface area contributed by atoms with E-state index >= 15 is 0 Å². The predicted molar refractivity (Wildman–Crippen MR) is 126 cm³/mol. The van der Waals surface area contributed by atoms with E-state index in [1.165, 1.54) is 14.0 Å². The summed E-state index contributed by atoms with van der Waals surface area (Å²) in [6, 6.07) is 10.4. The summed E-state index contributed by atoms with van der Waals surface area (Å²) in [6.07, 6.45) is 2.59. The Morgan fingerprint density at radius 2 is 1.81 bits per heavy atom. The van der Waals surface area contributed by atoms with Gasteiger partial charge in [-0.25, -0.2) is 13.6 Å².